The Kier molecular flexibility index (Phi) is 6.89. The van der Waals surface area contributed by atoms with Crippen LogP contribution in [0.2, 0.25) is 0 Å². The molecule has 0 aliphatic carbocycles. The number of aromatic nitrogens is 3. The third-order valence-corrected chi connectivity index (χ3v) is 6.89. The van der Waals surface area contributed by atoms with Crippen molar-refractivity contribution in [2.75, 3.05) is 23.3 Å². The highest BCUT2D eigenvalue weighted by atomic mass is 32.2. The van der Waals surface area contributed by atoms with Gasteiger partial charge in [0.15, 0.2) is 5.16 Å². The third-order valence-electron chi connectivity index (χ3n) is 5.81. The highest BCUT2D eigenvalue weighted by Gasteiger charge is 2.25. The lowest BCUT2D eigenvalue weighted by Crippen LogP contribution is -2.32. The zero-order valence-corrected chi connectivity index (χ0v) is 20.0. The average molecular weight is 454 g/mol. The van der Waals surface area contributed by atoms with E-state index in [1.165, 1.54) is 23.7 Å². The number of hydrogen-bond donors (Lipinski definition) is 1. The highest BCUT2D eigenvalue weighted by Crippen LogP contribution is 2.30. The molecule has 2 aromatic heterocycles. The van der Waals surface area contributed by atoms with Crippen LogP contribution in [0, 0.1) is 20.8 Å². The first-order valence-electron chi connectivity index (χ1n) is 11.2. The van der Waals surface area contributed by atoms with Gasteiger partial charge in [-0.2, -0.15) is 0 Å². The van der Waals surface area contributed by atoms with Crippen molar-refractivity contribution >= 4 is 29.3 Å². The SMILES string of the molecule is Cc1cc(C)c(NC(=O)C(C)Sc2nnc(N3CCCCC3)n2Cc2ccco2)c(C)c1. The minimum atomic E-state index is -0.330. The summed E-state index contributed by atoms with van der Waals surface area (Å²) in [7, 11) is 0. The van der Waals surface area contributed by atoms with Crippen molar-refractivity contribution in [1.29, 1.82) is 0 Å². The normalized spacial score (nSPS) is 15.1. The summed E-state index contributed by atoms with van der Waals surface area (Å²) >= 11 is 1.43. The highest BCUT2D eigenvalue weighted by molar-refractivity contribution is 8.00. The zero-order valence-electron chi connectivity index (χ0n) is 19.2. The number of anilines is 2. The number of carbonyl (C=O) groups is 1. The number of benzene rings is 1. The van der Waals surface area contributed by atoms with Gasteiger partial charge in [0.1, 0.15) is 5.76 Å². The molecule has 8 heteroatoms. The summed E-state index contributed by atoms with van der Waals surface area (Å²) in [6.45, 7) is 10.5. The second kappa shape index (κ2) is 9.81. The molecule has 1 aromatic carbocycles. The van der Waals surface area contributed by atoms with Gasteiger partial charge in [0.25, 0.3) is 0 Å². The Morgan fingerprint density at radius 2 is 1.88 bits per heavy atom. The number of hydrogen-bond acceptors (Lipinski definition) is 6. The molecule has 32 heavy (non-hydrogen) atoms. The first-order chi connectivity index (χ1) is 15.4. The molecule has 1 aliphatic rings. The quantitative estimate of drug-likeness (QED) is 0.510. The Morgan fingerprint density at radius 3 is 2.53 bits per heavy atom. The molecule has 0 spiro atoms. The van der Waals surface area contributed by atoms with E-state index in [-0.39, 0.29) is 11.2 Å². The summed E-state index contributed by atoms with van der Waals surface area (Å²) in [6.07, 6.45) is 5.24. The van der Waals surface area contributed by atoms with E-state index in [1.807, 2.05) is 32.9 Å². The fourth-order valence-corrected chi connectivity index (χ4v) is 5.05. The Labute approximate surface area is 193 Å². The van der Waals surface area contributed by atoms with E-state index in [9.17, 15) is 4.79 Å². The zero-order chi connectivity index (χ0) is 22.7. The van der Waals surface area contributed by atoms with Crippen molar-refractivity contribution in [3.8, 4) is 0 Å². The molecule has 3 heterocycles. The molecule has 0 bridgehead atoms. The summed E-state index contributed by atoms with van der Waals surface area (Å²) in [6, 6.07) is 8.01. The average Bonchev–Trinajstić information content (AvgIpc) is 3.42. The Hall–Kier alpha value is -2.74. The van der Waals surface area contributed by atoms with Crippen LogP contribution in [-0.4, -0.2) is 39.0 Å². The van der Waals surface area contributed by atoms with E-state index in [1.54, 1.807) is 6.26 Å². The topological polar surface area (TPSA) is 76.2 Å². The smallest absolute Gasteiger partial charge is 0.237 e. The van der Waals surface area contributed by atoms with E-state index in [2.05, 4.69) is 44.0 Å². The molecule has 3 aromatic rings. The van der Waals surface area contributed by atoms with Gasteiger partial charge >= 0.3 is 0 Å². The van der Waals surface area contributed by atoms with E-state index in [0.29, 0.717) is 6.54 Å². The molecule has 1 atom stereocenters. The molecule has 1 amide bonds. The number of rotatable bonds is 7. The number of thioether (sulfide) groups is 1. The van der Waals surface area contributed by atoms with E-state index < -0.39 is 0 Å². The number of amides is 1. The number of nitrogens with zero attached hydrogens (tertiary/aromatic N) is 4. The van der Waals surface area contributed by atoms with Gasteiger partial charge in [-0.05, 0) is 70.2 Å². The van der Waals surface area contributed by atoms with Crippen molar-refractivity contribution < 1.29 is 9.21 Å². The molecule has 1 unspecified atom stereocenters. The fourth-order valence-electron chi connectivity index (χ4n) is 4.21. The van der Waals surface area contributed by atoms with Gasteiger partial charge < -0.3 is 14.6 Å². The minimum Gasteiger partial charge on any atom is -0.467 e. The lowest BCUT2D eigenvalue weighted by molar-refractivity contribution is -0.115. The first-order valence-corrected chi connectivity index (χ1v) is 12.1. The number of aryl methyl sites for hydroxylation is 3. The standard InChI is InChI=1S/C24H31N5O2S/c1-16-13-17(2)21(18(3)14-16)25-22(30)19(4)32-24-27-26-23(28-10-6-5-7-11-28)29(24)15-20-9-8-12-31-20/h8-9,12-14,19H,5-7,10-11,15H2,1-4H3,(H,25,30). The van der Waals surface area contributed by atoms with Crippen LogP contribution in [0.1, 0.15) is 48.6 Å². The minimum absolute atomic E-state index is 0.0443. The maximum Gasteiger partial charge on any atom is 0.237 e. The van der Waals surface area contributed by atoms with Crippen molar-refractivity contribution in [2.45, 2.75) is 63.9 Å². The van der Waals surface area contributed by atoms with Crippen LogP contribution >= 0.6 is 11.8 Å². The summed E-state index contributed by atoms with van der Waals surface area (Å²) in [5.74, 6) is 1.64. The maximum absolute atomic E-state index is 13.0. The molecule has 4 rings (SSSR count). The Balaban J connectivity index is 1.53. The van der Waals surface area contributed by atoms with Crippen LogP contribution < -0.4 is 10.2 Å². The van der Waals surface area contributed by atoms with Gasteiger partial charge in [-0.3, -0.25) is 9.36 Å². The van der Waals surface area contributed by atoms with Gasteiger partial charge in [-0.15, -0.1) is 10.2 Å². The first kappa shape index (κ1) is 22.5. The molecular weight excluding hydrogens is 422 g/mol. The number of nitrogens with one attached hydrogen (secondary N) is 1. The monoisotopic (exact) mass is 453 g/mol. The molecule has 0 saturated carbocycles. The fraction of sp³-hybridized carbons (Fsp3) is 0.458. The molecule has 1 fully saturated rings. The molecular formula is C24H31N5O2S. The lowest BCUT2D eigenvalue weighted by Gasteiger charge is -2.27. The van der Waals surface area contributed by atoms with Gasteiger partial charge in [0.05, 0.1) is 18.1 Å². The van der Waals surface area contributed by atoms with E-state index in [4.69, 9.17) is 4.42 Å². The van der Waals surface area contributed by atoms with Crippen LogP contribution in [0.4, 0.5) is 11.6 Å². The van der Waals surface area contributed by atoms with Crippen LogP contribution in [0.15, 0.2) is 40.1 Å². The molecule has 170 valence electrons. The maximum atomic E-state index is 13.0. The summed E-state index contributed by atoms with van der Waals surface area (Å²) in [5.41, 5.74) is 4.22. The van der Waals surface area contributed by atoms with Gasteiger partial charge in [-0.1, -0.05) is 29.5 Å². The number of piperidine rings is 1. The molecule has 7 nitrogen and oxygen atoms in total. The Bertz CT molecular complexity index is 1050. The molecule has 1 saturated heterocycles. The second-order valence-corrected chi connectivity index (χ2v) is 9.83. The molecule has 1 aliphatic heterocycles. The summed E-state index contributed by atoms with van der Waals surface area (Å²) in [5, 5.41) is 12.5. The largest absolute Gasteiger partial charge is 0.467 e. The van der Waals surface area contributed by atoms with Crippen molar-refractivity contribution in [2.24, 2.45) is 0 Å². The Morgan fingerprint density at radius 1 is 1.16 bits per heavy atom. The van der Waals surface area contributed by atoms with Crippen LogP contribution in [0.5, 0.6) is 0 Å². The van der Waals surface area contributed by atoms with Gasteiger partial charge in [-0.25, -0.2) is 0 Å². The van der Waals surface area contributed by atoms with E-state index >= 15 is 0 Å². The molecule has 1 N–H and O–H groups in total. The molecule has 0 radical (unpaired) electrons. The van der Waals surface area contributed by atoms with Gasteiger partial charge in [0.2, 0.25) is 11.9 Å². The predicted molar refractivity (Wildman–Crippen MR) is 128 cm³/mol. The van der Waals surface area contributed by atoms with Gasteiger partial charge in [0, 0.05) is 18.8 Å². The third kappa shape index (κ3) is 5.01. The van der Waals surface area contributed by atoms with Crippen LogP contribution in [0.3, 0.4) is 0 Å². The van der Waals surface area contributed by atoms with Crippen molar-refractivity contribution in [3.05, 3.63) is 53.0 Å². The van der Waals surface area contributed by atoms with Crippen LogP contribution in [-0.2, 0) is 11.3 Å². The van der Waals surface area contributed by atoms with E-state index in [0.717, 1.165) is 59.6 Å². The summed E-state index contributed by atoms with van der Waals surface area (Å²) < 4.78 is 7.66. The second-order valence-electron chi connectivity index (χ2n) is 8.52. The van der Waals surface area contributed by atoms with Crippen molar-refractivity contribution in [3.63, 3.8) is 0 Å². The lowest BCUT2D eigenvalue weighted by atomic mass is 10.1. The number of carbonyl (C=O) groups excluding carboxylic acids is 1. The summed E-state index contributed by atoms with van der Waals surface area (Å²) in [4.78, 5) is 15.3. The van der Waals surface area contributed by atoms with Crippen molar-refractivity contribution in [1.82, 2.24) is 14.8 Å². The predicted octanol–water partition coefficient (Wildman–Crippen LogP) is 4.95. The van der Waals surface area contributed by atoms with Crippen LogP contribution in [0.25, 0.3) is 0 Å². The number of furan rings is 1.